The fourth-order valence-electron chi connectivity index (χ4n) is 1.92. The van der Waals surface area contributed by atoms with Crippen LogP contribution in [0.4, 0.5) is 0 Å². The Morgan fingerprint density at radius 1 is 1.30 bits per heavy atom. The van der Waals surface area contributed by atoms with Gasteiger partial charge in [-0.2, -0.15) is 0 Å². The summed E-state index contributed by atoms with van der Waals surface area (Å²) in [5, 5.41) is 12.3. The van der Waals surface area contributed by atoms with Gasteiger partial charge in [0.05, 0.1) is 0 Å². The summed E-state index contributed by atoms with van der Waals surface area (Å²) in [6, 6.07) is 8.20. The summed E-state index contributed by atoms with van der Waals surface area (Å²) in [5.74, 6) is -0.282. The van der Waals surface area contributed by atoms with Crippen molar-refractivity contribution in [3.8, 4) is 5.75 Å². The Kier molecular flexibility index (Phi) is 7.09. The number of hydrogen-bond acceptors (Lipinski definition) is 3. The average molecular weight is 279 g/mol. The fraction of sp³-hybridized carbons (Fsp3) is 0.562. The van der Waals surface area contributed by atoms with Crippen LogP contribution in [0.25, 0.3) is 0 Å². The average Bonchev–Trinajstić information content (AvgIpc) is 2.45. The van der Waals surface area contributed by atoms with Gasteiger partial charge in [0.25, 0.3) is 0 Å². The maximum absolute atomic E-state index is 11.0. The SMILES string of the molecule is CCCC(Oc1ccc(CCC(C)NC)cc1)C(=O)O. The minimum absolute atomic E-state index is 0.492. The highest BCUT2D eigenvalue weighted by Gasteiger charge is 2.17. The van der Waals surface area contributed by atoms with Gasteiger partial charge in [-0.3, -0.25) is 0 Å². The van der Waals surface area contributed by atoms with Crippen LogP contribution in [0.5, 0.6) is 5.75 Å². The first kappa shape index (κ1) is 16.5. The molecule has 2 atom stereocenters. The molecule has 0 aliphatic rings. The van der Waals surface area contributed by atoms with Crippen LogP contribution in [0.3, 0.4) is 0 Å². The van der Waals surface area contributed by atoms with E-state index in [9.17, 15) is 4.79 Å². The molecule has 0 spiro atoms. The Hall–Kier alpha value is -1.55. The summed E-state index contributed by atoms with van der Waals surface area (Å²) in [6.07, 6.45) is 2.63. The van der Waals surface area contributed by atoms with Gasteiger partial charge >= 0.3 is 5.97 Å². The monoisotopic (exact) mass is 279 g/mol. The van der Waals surface area contributed by atoms with E-state index in [1.807, 2.05) is 38.2 Å². The number of aryl methyl sites for hydroxylation is 1. The number of carbonyl (C=O) groups is 1. The van der Waals surface area contributed by atoms with E-state index >= 15 is 0 Å². The molecule has 0 bridgehead atoms. The summed E-state index contributed by atoms with van der Waals surface area (Å²) in [5.41, 5.74) is 1.24. The molecule has 0 amide bonds. The van der Waals surface area contributed by atoms with Crippen molar-refractivity contribution in [2.45, 2.75) is 51.7 Å². The lowest BCUT2D eigenvalue weighted by molar-refractivity contribution is -0.145. The van der Waals surface area contributed by atoms with Crippen LogP contribution < -0.4 is 10.1 Å². The molecule has 2 unspecified atom stereocenters. The van der Waals surface area contributed by atoms with Crippen LogP contribution in [0.1, 0.15) is 38.7 Å². The highest BCUT2D eigenvalue weighted by atomic mass is 16.5. The third kappa shape index (κ3) is 5.61. The van der Waals surface area contributed by atoms with Crippen LogP contribution in [-0.2, 0) is 11.2 Å². The topological polar surface area (TPSA) is 58.6 Å². The van der Waals surface area contributed by atoms with Crippen molar-refractivity contribution < 1.29 is 14.6 Å². The predicted octanol–water partition coefficient (Wildman–Crippen LogP) is 2.86. The van der Waals surface area contributed by atoms with Crippen LogP contribution in [0.2, 0.25) is 0 Å². The van der Waals surface area contributed by atoms with Gasteiger partial charge in [0.15, 0.2) is 6.10 Å². The van der Waals surface area contributed by atoms with Gasteiger partial charge in [-0.05, 0) is 50.9 Å². The zero-order chi connectivity index (χ0) is 15.0. The number of rotatable bonds is 9. The van der Waals surface area contributed by atoms with E-state index in [2.05, 4.69) is 12.2 Å². The van der Waals surface area contributed by atoms with E-state index in [-0.39, 0.29) is 0 Å². The van der Waals surface area contributed by atoms with Crippen molar-refractivity contribution in [2.24, 2.45) is 0 Å². The third-order valence-electron chi connectivity index (χ3n) is 3.39. The standard InChI is InChI=1S/C16H25NO3/c1-4-5-15(16(18)19)20-14-10-8-13(9-11-14)7-6-12(2)17-3/h8-12,15,17H,4-7H2,1-3H3,(H,18,19). The van der Waals surface area contributed by atoms with E-state index in [4.69, 9.17) is 9.84 Å². The molecule has 0 saturated heterocycles. The molecule has 0 aliphatic heterocycles. The molecular weight excluding hydrogens is 254 g/mol. The van der Waals surface area contributed by atoms with Gasteiger partial charge in [0.1, 0.15) is 5.75 Å². The highest BCUT2D eigenvalue weighted by Crippen LogP contribution is 2.17. The molecule has 1 aromatic carbocycles. The Morgan fingerprint density at radius 3 is 2.45 bits per heavy atom. The minimum Gasteiger partial charge on any atom is -0.479 e. The van der Waals surface area contributed by atoms with E-state index in [1.165, 1.54) is 5.56 Å². The third-order valence-corrected chi connectivity index (χ3v) is 3.39. The molecule has 4 heteroatoms. The first-order chi connectivity index (χ1) is 9.56. The molecule has 0 heterocycles. The second kappa shape index (κ2) is 8.59. The van der Waals surface area contributed by atoms with E-state index in [1.54, 1.807) is 0 Å². The van der Waals surface area contributed by atoms with Crippen molar-refractivity contribution in [3.05, 3.63) is 29.8 Å². The summed E-state index contributed by atoms with van der Waals surface area (Å²) in [6.45, 7) is 4.10. The lowest BCUT2D eigenvalue weighted by atomic mass is 10.1. The second-order valence-corrected chi connectivity index (χ2v) is 5.11. The summed E-state index contributed by atoms with van der Waals surface area (Å²) < 4.78 is 5.51. The van der Waals surface area contributed by atoms with Crippen LogP contribution in [-0.4, -0.2) is 30.3 Å². The first-order valence-corrected chi connectivity index (χ1v) is 7.22. The molecule has 0 aromatic heterocycles. The maximum Gasteiger partial charge on any atom is 0.344 e. The number of ether oxygens (including phenoxy) is 1. The zero-order valence-corrected chi connectivity index (χ0v) is 12.6. The van der Waals surface area contributed by atoms with E-state index in [0.29, 0.717) is 18.2 Å². The van der Waals surface area contributed by atoms with Crippen molar-refractivity contribution >= 4 is 5.97 Å². The molecule has 1 rings (SSSR count). The van der Waals surface area contributed by atoms with Crippen molar-refractivity contribution in [2.75, 3.05) is 7.05 Å². The van der Waals surface area contributed by atoms with Gasteiger partial charge in [-0.15, -0.1) is 0 Å². The number of carboxylic acids is 1. The van der Waals surface area contributed by atoms with Gasteiger partial charge in [0, 0.05) is 6.04 Å². The normalized spacial score (nSPS) is 13.8. The van der Waals surface area contributed by atoms with Crippen molar-refractivity contribution in [1.82, 2.24) is 5.32 Å². The Labute approximate surface area is 121 Å². The highest BCUT2D eigenvalue weighted by molar-refractivity contribution is 5.72. The molecule has 20 heavy (non-hydrogen) atoms. The Morgan fingerprint density at radius 2 is 1.95 bits per heavy atom. The number of carboxylic acid groups (broad SMARTS) is 1. The fourth-order valence-corrected chi connectivity index (χ4v) is 1.92. The Bertz CT molecular complexity index is 403. The first-order valence-electron chi connectivity index (χ1n) is 7.22. The van der Waals surface area contributed by atoms with Gasteiger partial charge < -0.3 is 15.2 Å². The molecule has 2 N–H and O–H groups in total. The Balaban J connectivity index is 2.55. The smallest absolute Gasteiger partial charge is 0.344 e. The quantitative estimate of drug-likeness (QED) is 0.730. The second-order valence-electron chi connectivity index (χ2n) is 5.11. The van der Waals surface area contributed by atoms with Crippen LogP contribution in [0, 0.1) is 0 Å². The number of nitrogens with one attached hydrogen (secondary N) is 1. The van der Waals surface area contributed by atoms with Gasteiger partial charge in [-0.1, -0.05) is 25.5 Å². The predicted molar refractivity (Wildman–Crippen MR) is 80.2 cm³/mol. The lowest BCUT2D eigenvalue weighted by Crippen LogP contribution is -2.26. The largest absolute Gasteiger partial charge is 0.479 e. The summed E-state index contributed by atoms with van der Waals surface area (Å²) in [4.78, 5) is 11.0. The van der Waals surface area contributed by atoms with E-state index < -0.39 is 12.1 Å². The molecule has 112 valence electrons. The van der Waals surface area contributed by atoms with Crippen molar-refractivity contribution in [3.63, 3.8) is 0 Å². The summed E-state index contributed by atoms with van der Waals surface area (Å²) in [7, 11) is 1.96. The van der Waals surface area contributed by atoms with Crippen molar-refractivity contribution in [1.29, 1.82) is 0 Å². The molecule has 0 fully saturated rings. The maximum atomic E-state index is 11.0. The van der Waals surface area contributed by atoms with Crippen LogP contribution >= 0.6 is 0 Å². The molecule has 0 radical (unpaired) electrons. The molecule has 0 saturated carbocycles. The molecule has 1 aromatic rings. The van der Waals surface area contributed by atoms with E-state index in [0.717, 1.165) is 19.3 Å². The lowest BCUT2D eigenvalue weighted by Gasteiger charge is -2.15. The van der Waals surface area contributed by atoms with Crippen LogP contribution in [0.15, 0.2) is 24.3 Å². The van der Waals surface area contributed by atoms with Gasteiger partial charge in [-0.25, -0.2) is 4.79 Å². The molecular formula is C16H25NO3. The number of hydrogen-bond donors (Lipinski definition) is 2. The van der Waals surface area contributed by atoms with Gasteiger partial charge in [0.2, 0.25) is 0 Å². The summed E-state index contributed by atoms with van der Waals surface area (Å²) >= 11 is 0. The number of aliphatic carboxylic acids is 1. The zero-order valence-electron chi connectivity index (χ0n) is 12.6. The number of benzene rings is 1. The molecule has 4 nitrogen and oxygen atoms in total. The molecule has 0 aliphatic carbocycles. The minimum atomic E-state index is -0.904.